The lowest BCUT2D eigenvalue weighted by molar-refractivity contribution is -0.145. The van der Waals surface area contributed by atoms with E-state index in [2.05, 4.69) is 10.6 Å². The van der Waals surface area contributed by atoms with Crippen LogP contribution >= 0.6 is 0 Å². The molecule has 0 bridgehead atoms. The van der Waals surface area contributed by atoms with E-state index in [-0.39, 0.29) is 24.8 Å². The number of rotatable bonds is 10. The molecule has 0 aliphatic heterocycles. The van der Waals surface area contributed by atoms with E-state index in [1.807, 2.05) is 97.9 Å². The summed E-state index contributed by atoms with van der Waals surface area (Å²) in [6.07, 6.45) is -0.0324. The molecule has 6 heteroatoms. The number of benzene rings is 3. The van der Waals surface area contributed by atoms with Crippen molar-refractivity contribution >= 4 is 17.8 Å². The molecule has 0 unspecified atom stereocenters. The number of esters is 1. The SMILES string of the molecule is COC(=O)[C@H](NC(=O)CCC(=O)N[C@H](C)c1ccccc1)C(c1ccccc1)c1ccccc1. The number of carbonyl (C=O) groups is 3. The van der Waals surface area contributed by atoms with Gasteiger partial charge in [0, 0.05) is 18.8 Å². The Morgan fingerprint density at radius 2 is 1.09 bits per heavy atom. The zero-order valence-corrected chi connectivity index (χ0v) is 19.4. The zero-order chi connectivity index (χ0) is 24.3. The molecule has 34 heavy (non-hydrogen) atoms. The van der Waals surface area contributed by atoms with Crippen LogP contribution in [0, 0.1) is 0 Å². The average Bonchev–Trinajstić information content (AvgIpc) is 2.88. The summed E-state index contributed by atoms with van der Waals surface area (Å²) in [6, 6.07) is 27.5. The number of ether oxygens (including phenoxy) is 1. The van der Waals surface area contributed by atoms with Crippen molar-refractivity contribution in [1.82, 2.24) is 10.6 Å². The monoisotopic (exact) mass is 458 g/mol. The highest BCUT2D eigenvalue weighted by Crippen LogP contribution is 2.29. The molecule has 0 heterocycles. The average molecular weight is 459 g/mol. The topological polar surface area (TPSA) is 84.5 Å². The molecule has 0 saturated carbocycles. The maximum absolute atomic E-state index is 12.8. The lowest BCUT2D eigenvalue weighted by atomic mass is 9.85. The number of carbonyl (C=O) groups excluding carboxylic acids is 3. The first kappa shape index (κ1) is 24.7. The minimum Gasteiger partial charge on any atom is -0.467 e. The largest absolute Gasteiger partial charge is 0.467 e. The van der Waals surface area contributed by atoms with Crippen LogP contribution in [0.1, 0.15) is 48.4 Å². The van der Waals surface area contributed by atoms with Crippen LogP contribution in [0.2, 0.25) is 0 Å². The van der Waals surface area contributed by atoms with Gasteiger partial charge in [-0.05, 0) is 23.6 Å². The third kappa shape index (κ3) is 6.78. The van der Waals surface area contributed by atoms with Gasteiger partial charge < -0.3 is 15.4 Å². The van der Waals surface area contributed by atoms with Crippen molar-refractivity contribution in [2.45, 2.75) is 37.8 Å². The molecule has 0 aromatic heterocycles. The minimum atomic E-state index is -0.936. The molecule has 0 aliphatic rings. The first-order valence-corrected chi connectivity index (χ1v) is 11.3. The fraction of sp³-hybridized carbons (Fsp3) is 0.250. The molecule has 6 nitrogen and oxygen atoms in total. The Morgan fingerprint density at radius 3 is 1.53 bits per heavy atom. The summed E-state index contributed by atoms with van der Waals surface area (Å²) in [4.78, 5) is 38.0. The quantitative estimate of drug-likeness (QED) is 0.448. The number of methoxy groups -OCH3 is 1. The van der Waals surface area contributed by atoms with Crippen LogP contribution in [0.25, 0.3) is 0 Å². The molecule has 3 aromatic carbocycles. The molecule has 0 aliphatic carbocycles. The minimum absolute atomic E-state index is 0.0121. The van der Waals surface area contributed by atoms with Gasteiger partial charge in [-0.15, -0.1) is 0 Å². The standard InChI is InChI=1S/C28H30N2O4/c1-20(21-12-6-3-7-13-21)29-24(31)18-19-25(32)30-27(28(33)34-2)26(22-14-8-4-9-15-22)23-16-10-5-11-17-23/h3-17,20,26-27H,18-19H2,1-2H3,(H,29,31)(H,30,32)/t20-,27-/m1/s1. The molecule has 0 fully saturated rings. The number of nitrogens with one attached hydrogen (secondary N) is 2. The third-order valence-electron chi connectivity index (χ3n) is 5.68. The van der Waals surface area contributed by atoms with Crippen molar-refractivity contribution in [2.75, 3.05) is 7.11 Å². The van der Waals surface area contributed by atoms with E-state index in [4.69, 9.17) is 4.74 Å². The van der Waals surface area contributed by atoms with Crippen LogP contribution in [0.5, 0.6) is 0 Å². The maximum atomic E-state index is 12.8. The van der Waals surface area contributed by atoms with Gasteiger partial charge in [0.25, 0.3) is 0 Å². The predicted octanol–water partition coefficient (Wildman–Crippen LogP) is 4.13. The fourth-order valence-corrected chi connectivity index (χ4v) is 3.91. The molecule has 0 radical (unpaired) electrons. The number of amides is 2. The highest BCUT2D eigenvalue weighted by Gasteiger charge is 2.33. The molecule has 2 atom stereocenters. The van der Waals surface area contributed by atoms with Crippen molar-refractivity contribution < 1.29 is 19.1 Å². The van der Waals surface area contributed by atoms with E-state index in [0.717, 1.165) is 16.7 Å². The van der Waals surface area contributed by atoms with Crippen molar-refractivity contribution in [3.8, 4) is 0 Å². The summed E-state index contributed by atoms with van der Waals surface area (Å²) >= 11 is 0. The van der Waals surface area contributed by atoms with Gasteiger partial charge in [0.2, 0.25) is 11.8 Å². The molecule has 176 valence electrons. The maximum Gasteiger partial charge on any atom is 0.329 e. The van der Waals surface area contributed by atoms with Crippen molar-refractivity contribution in [3.05, 3.63) is 108 Å². The van der Waals surface area contributed by atoms with E-state index in [1.165, 1.54) is 7.11 Å². The smallest absolute Gasteiger partial charge is 0.329 e. The van der Waals surface area contributed by atoms with Gasteiger partial charge in [-0.3, -0.25) is 9.59 Å². The van der Waals surface area contributed by atoms with E-state index >= 15 is 0 Å². The molecular weight excluding hydrogens is 428 g/mol. The summed E-state index contributed by atoms with van der Waals surface area (Å²) in [5.74, 6) is -1.61. The lowest BCUT2D eigenvalue weighted by Gasteiger charge is -2.27. The van der Waals surface area contributed by atoms with Gasteiger partial charge in [-0.1, -0.05) is 91.0 Å². The fourth-order valence-electron chi connectivity index (χ4n) is 3.91. The lowest BCUT2D eigenvalue weighted by Crippen LogP contribution is -2.46. The van der Waals surface area contributed by atoms with Gasteiger partial charge in [0.05, 0.1) is 13.2 Å². The Bertz CT molecular complexity index is 1030. The number of hydrogen-bond acceptors (Lipinski definition) is 4. The van der Waals surface area contributed by atoms with Gasteiger partial charge in [-0.25, -0.2) is 4.79 Å². The van der Waals surface area contributed by atoms with E-state index < -0.39 is 23.8 Å². The summed E-state index contributed by atoms with van der Waals surface area (Å²) in [5.41, 5.74) is 2.73. The first-order chi connectivity index (χ1) is 16.5. The molecule has 0 saturated heterocycles. The zero-order valence-electron chi connectivity index (χ0n) is 19.4. The molecular formula is C28H30N2O4. The Morgan fingerprint density at radius 1 is 0.676 bits per heavy atom. The molecule has 3 rings (SSSR count). The van der Waals surface area contributed by atoms with Crippen LogP contribution < -0.4 is 10.6 Å². The van der Waals surface area contributed by atoms with Crippen LogP contribution in [-0.4, -0.2) is 30.9 Å². The van der Waals surface area contributed by atoms with Gasteiger partial charge in [-0.2, -0.15) is 0 Å². The summed E-state index contributed by atoms with van der Waals surface area (Å²) < 4.78 is 5.03. The first-order valence-electron chi connectivity index (χ1n) is 11.3. The van der Waals surface area contributed by atoms with Gasteiger partial charge in [0.15, 0.2) is 0 Å². The Balaban J connectivity index is 1.69. The van der Waals surface area contributed by atoms with Crippen LogP contribution in [0.3, 0.4) is 0 Å². The Labute approximate surface area is 200 Å². The van der Waals surface area contributed by atoms with E-state index in [0.29, 0.717) is 0 Å². The predicted molar refractivity (Wildman–Crippen MR) is 131 cm³/mol. The van der Waals surface area contributed by atoms with Gasteiger partial charge in [0.1, 0.15) is 6.04 Å². The van der Waals surface area contributed by atoms with Crippen molar-refractivity contribution in [3.63, 3.8) is 0 Å². The number of hydrogen-bond donors (Lipinski definition) is 2. The second-order valence-electron chi connectivity index (χ2n) is 8.07. The van der Waals surface area contributed by atoms with Gasteiger partial charge >= 0.3 is 5.97 Å². The molecule has 2 amide bonds. The second kappa shape index (κ2) is 12.3. The van der Waals surface area contributed by atoms with Crippen molar-refractivity contribution in [2.24, 2.45) is 0 Å². The molecule has 0 spiro atoms. The third-order valence-corrected chi connectivity index (χ3v) is 5.68. The highest BCUT2D eigenvalue weighted by atomic mass is 16.5. The molecule has 2 N–H and O–H groups in total. The molecule has 3 aromatic rings. The second-order valence-corrected chi connectivity index (χ2v) is 8.07. The summed E-state index contributed by atoms with van der Waals surface area (Å²) in [6.45, 7) is 1.89. The normalized spacial score (nSPS) is 12.4. The van der Waals surface area contributed by atoms with Crippen LogP contribution in [0.4, 0.5) is 0 Å². The summed E-state index contributed by atoms with van der Waals surface area (Å²) in [5, 5.41) is 5.71. The van der Waals surface area contributed by atoms with Crippen LogP contribution in [-0.2, 0) is 19.1 Å². The summed E-state index contributed by atoms with van der Waals surface area (Å²) in [7, 11) is 1.30. The van der Waals surface area contributed by atoms with Crippen LogP contribution in [0.15, 0.2) is 91.0 Å². The Kier molecular flexibility index (Phi) is 8.97. The van der Waals surface area contributed by atoms with E-state index in [1.54, 1.807) is 0 Å². The highest BCUT2D eigenvalue weighted by molar-refractivity contribution is 5.88. The van der Waals surface area contributed by atoms with E-state index in [9.17, 15) is 14.4 Å². The van der Waals surface area contributed by atoms with Crippen molar-refractivity contribution in [1.29, 1.82) is 0 Å². The Hall–Kier alpha value is -3.93.